The monoisotopic (exact) mass is 610 g/mol. The number of piperidine rings is 2. The molecule has 0 saturated carbocycles. The number of hydrogen-bond acceptors (Lipinski definition) is 8. The average Bonchev–Trinajstić information content (AvgIpc) is 2.85. The smallest absolute Gasteiger partial charge is 0.187 e. The molecule has 2 aliphatic carbocycles. The van der Waals surface area contributed by atoms with Crippen molar-refractivity contribution in [2.75, 3.05) is 0 Å². The predicted molar refractivity (Wildman–Crippen MR) is 159 cm³/mol. The number of rotatable bonds is 4. The second-order valence-corrected chi connectivity index (χ2v) is 13.8. The number of nitrogens with zero attached hydrogens (tertiary/aromatic N) is 2. The van der Waals surface area contributed by atoms with Crippen LogP contribution in [-0.4, -0.2) is 66.3 Å². The van der Waals surface area contributed by atoms with Crippen molar-refractivity contribution in [3.8, 4) is 0 Å². The molecule has 230 valence electrons. The van der Waals surface area contributed by atoms with Crippen molar-refractivity contribution in [2.45, 2.75) is 115 Å². The van der Waals surface area contributed by atoms with Crippen LogP contribution in [0.2, 0.25) is 0 Å². The standard InChI is InChI=1S/2C16H24N2O2.Ni/c2*1-15(2)9-13(10-16(3,4)18(15)20)17-11-12-7-5-6-8-14(12)19;/h2*5-8,11,13,17,20H,9-10H2,1-4H3;. The first-order valence-electron chi connectivity index (χ1n) is 14.1. The van der Waals surface area contributed by atoms with Gasteiger partial charge in [-0.15, -0.1) is 0 Å². The van der Waals surface area contributed by atoms with E-state index in [2.05, 4.69) is 10.6 Å². The minimum atomic E-state index is -0.287. The van der Waals surface area contributed by atoms with Gasteiger partial charge in [-0.25, -0.2) is 0 Å². The maximum absolute atomic E-state index is 11.7. The van der Waals surface area contributed by atoms with E-state index >= 15 is 0 Å². The Morgan fingerprint density at radius 1 is 0.610 bits per heavy atom. The van der Waals surface area contributed by atoms with Crippen molar-refractivity contribution in [3.63, 3.8) is 0 Å². The number of hydroxylamine groups is 4. The van der Waals surface area contributed by atoms with Crippen molar-refractivity contribution in [2.24, 2.45) is 0 Å². The van der Waals surface area contributed by atoms with Gasteiger partial charge in [0.25, 0.3) is 0 Å². The zero-order valence-corrected chi connectivity index (χ0v) is 26.7. The molecule has 8 nitrogen and oxygen atoms in total. The molecule has 2 heterocycles. The fraction of sp³-hybridized carbons (Fsp3) is 0.562. The van der Waals surface area contributed by atoms with Gasteiger partial charge in [-0.3, -0.25) is 9.59 Å². The number of allylic oxidation sites excluding steroid dienone is 10. The number of carbonyl (C=O) groups is 2. The molecule has 0 bridgehead atoms. The summed E-state index contributed by atoms with van der Waals surface area (Å²) in [7, 11) is 0. The molecule has 0 aromatic carbocycles. The molecule has 0 aromatic rings. The molecule has 41 heavy (non-hydrogen) atoms. The van der Waals surface area contributed by atoms with E-state index in [9.17, 15) is 20.0 Å². The summed E-state index contributed by atoms with van der Waals surface area (Å²) < 4.78 is 0. The Kier molecular flexibility index (Phi) is 11.4. The van der Waals surface area contributed by atoms with E-state index < -0.39 is 0 Å². The normalized spacial score (nSPS) is 27.4. The van der Waals surface area contributed by atoms with E-state index in [0.717, 1.165) is 25.7 Å². The van der Waals surface area contributed by atoms with Crippen molar-refractivity contribution in [3.05, 3.63) is 72.2 Å². The molecular weight excluding hydrogens is 563 g/mol. The Morgan fingerprint density at radius 3 is 1.15 bits per heavy atom. The molecule has 0 aromatic heterocycles. The molecule has 0 radical (unpaired) electrons. The third kappa shape index (κ3) is 8.85. The van der Waals surface area contributed by atoms with Crippen LogP contribution in [0.25, 0.3) is 0 Å². The van der Waals surface area contributed by atoms with Crippen LogP contribution in [0.1, 0.15) is 81.1 Å². The summed E-state index contributed by atoms with van der Waals surface area (Å²) >= 11 is 0. The van der Waals surface area contributed by atoms with Crippen LogP contribution in [0.3, 0.4) is 0 Å². The Morgan fingerprint density at radius 2 is 0.878 bits per heavy atom. The van der Waals surface area contributed by atoms with Crippen LogP contribution in [0, 0.1) is 0 Å². The van der Waals surface area contributed by atoms with Crippen molar-refractivity contribution < 1.29 is 36.5 Å². The summed E-state index contributed by atoms with van der Waals surface area (Å²) in [6, 6.07) is 0.478. The topological polar surface area (TPSA) is 105 Å². The maximum Gasteiger partial charge on any atom is 0.187 e. The van der Waals surface area contributed by atoms with Crippen molar-refractivity contribution >= 4 is 11.6 Å². The summed E-state index contributed by atoms with van der Waals surface area (Å²) in [6.45, 7) is 16.3. The minimum absolute atomic E-state index is 0. The van der Waals surface area contributed by atoms with Crippen molar-refractivity contribution in [1.29, 1.82) is 0 Å². The van der Waals surface area contributed by atoms with Gasteiger partial charge < -0.3 is 21.0 Å². The zero-order chi connectivity index (χ0) is 29.9. The van der Waals surface area contributed by atoms with E-state index in [1.165, 1.54) is 10.1 Å². The zero-order valence-electron chi connectivity index (χ0n) is 25.7. The van der Waals surface area contributed by atoms with Gasteiger partial charge in [0, 0.05) is 74.3 Å². The van der Waals surface area contributed by atoms with E-state index in [1.807, 2.05) is 79.7 Å². The molecule has 0 unspecified atom stereocenters. The fourth-order valence-electron chi connectivity index (χ4n) is 6.39. The van der Waals surface area contributed by atoms with Gasteiger partial charge in [0.2, 0.25) is 0 Å². The van der Waals surface area contributed by atoms with Crippen LogP contribution in [0.5, 0.6) is 0 Å². The van der Waals surface area contributed by atoms with E-state index in [1.54, 1.807) is 36.7 Å². The predicted octanol–water partition coefficient (Wildman–Crippen LogP) is 5.13. The summed E-state index contributed by atoms with van der Waals surface area (Å²) in [5, 5.41) is 30.1. The first kappa shape index (κ1) is 34.9. The SMILES string of the molecule is CC1(C)CC(NC=C2C=CC=CC2=O)CC(C)(C)N1O.CC1(C)CC(NC=C2C=CC=CC2=O)CC(C)(C)N1O.[Ni]. The van der Waals surface area contributed by atoms with E-state index in [0.29, 0.717) is 11.1 Å². The fourth-order valence-corrected chi connectivity index (χ4v) is 6.39. The van der Waals surface area contributed by atoms with Gasteiger partial charge in [0.05, 0.1) is 0 Å². The minimum Gasteiger partial charge on any atom is -0.387 e. The largest absolute Gasteiger partial charge is 0.387 e. The van der Waals surface area contributed by atoms with Gasteiger partial charge in [0.1, 0.15) is 0 Å². The molecule has 0 atom stereocenters. The van der Waals surface area contributed by atoms with E-state index in [-0.39, 0.29) is 62.3 Å². The molecule has 0 amide bonds. The van der Waals surface area contributed by atoms with Gasteiger partial charge in [-0.2, -0.15) is 10.1 Å². The second-order valence-electron chi connectivity index (χ2n) is 13.8. The molecule has 4 N–H and O–H groups in total. The number of carbonyl (C=O) groups excluding carboxylic acids is 2. The third-order valence-corrected chi connectivity index (χ3v) is 8.06. The first-order chi connectivity index (χ1) is 18.4. The average molecular weight is 611 g/mol. The molecular formula is C32H48N4NiO4. The summed E-state index contributed by atoms with van der Waals surface area (Å²) in [5.74, 6) is 0.0521. The molecule has 2 fully saturated rings. The summed E-state index contributed by atoms with van der Waals surface area (Å²) in [4.78, 5) is 23.4. The maximum atomic E-state index is 11.7. The Balaban J connectivity index is 0.000000280. The Hall–Kier alpha value is -2.29. The number of ketones is 2. The summed E-state index contributed by atoms with van der Waals surface area (Å²) in [5.41, 5.74) is 0.201. The quantitative estimate of drug-likeness (QED) is 0.256. The molecule has 4 aliphatic rings. The number of nitrogens with one attached hydrogen (secondary N) is 2. The molecule has 2 aliphatic heterocycles. The molecule has 4 rings (SSSR count). The third-order valence-electron chi connectivity index (χ3n) is 8.06. The Bertz CT molecular complexity index is 1030. The van der Waals surface area contributed by atoms with Crippen LogP contribution >= 0.6 is 0 Å². The summed E-state index contributed by atoms with van der Waals surface area (Å²) in [6.07, 6.45) is 20.9. The number of hydrogen-bond donors (Lipinski definition) is 4. The van der Waals surface area contributed by atoms with Gasteiger partial charge in [-0.1, -0.05) is 24.3 Å². The van der Waals surface area contributed by atoms with E-state index in [4.69, 9.17) is 0 Å². The van der Waals surface area contributed by atoms with Crippen LogP contribution < -0.4 is 10.6 Å². The van der Waals surface area contributed by atoms with Crippen LogP contribution in [0.4, 0.5) is 0 Å². The molecule has 2 saturated heterocycles. The van der Waals surface area contributed by atoms with Crippen LogP contribution in [0.15, 0.2) is 72.2 Å². The van der Waals surface area contributed by atoms with Crippen molar-refractivity contribution in [1.82, 2.24) is 20.8 Å². The Labute approximate surface area is 255 Å². The van der Waals surface area contributed by atoms with Gasteiger partial charge >= 0.3 is 0 Å². The second kappa shape index (κ2) is 13.3. The van der Waals surface area contributed by atoms with Crippen LogP contribution in [-0.2, 0) is 26.1 Å². The first-order valence-corrected chi connectivity index (χ1v) is 14.1. The van der Waals surface area contributed by atoms with Gasteiger partial charge in [-0.05, 0) is 105 Å². The molecule has 9 heteroatoms. The molecule has 0 spiro atoms. The van der Waals surface area contributed by atoms with Gasteiger partial charge in [0.15, 0.2) is 11.6 Å².